The zero-order valence-electron chi connectivity index (χ0n) is 7.65. The molecular formula is C10H10Cl2FN. The van der Waals surface area contributed by atoms with Gasteiger partial charge in [0, 0.05) is 22.8 Å². The second-order valence-electron chi connectivity index (χ2n) is 2.97. The molecule has 0 unspecified atom stereocenters. The van der Waals surface area contributed by atoms with Crippen LogP contribution in [0.2, 0.25) is 5.02 Å². The van der Waals surface area contributed by atoms with Gasteiger partial charge in [-0.3, -0.25) is 0 Å². The highest BCUT2D eigenvalue weighted by Gasteiger charge is 1.98. The van der Waals surface area contributed by atoms with E-state index in [1.165, 1.54) is 17.7 Å². The quantitative estimate of drug-likeness (QED) is 0.832. The van der Waals surface area contributed by atoms with Gasteiger partial charge in [-0.2, -0.15) is 0 Å². The molecule has 0 heterocycles. The Morgan fingerprint density at radius 3 is 2.79 bits per heavy atom. The lowest BCUT2D eigenvalue weighted by molar-refractivity contribution is 0.628. The van der Waals surface area contributed by atoms with Crippen LogP contribution < -0.4 is 5.32 Å². The lowest BCUT2D eigenvalue weighted by atomic mass is 10.3. The maximum atomic E-state index is 12.9. The molecule has 1 aromatic carbocycles. The predicted molar refractivity (Wildman–Crippen MR) is 59.5 cm³/mol. The Hall–Kier alpha value is -0.730. The third-order valence-electron chi connectivity index (χ3n) is 1.62. The number of benzene rings is 1. The van der Waals surface area contributed by atoms with Crippen molar-refractivity contribution in [2.45, 2.75) is 6.92 Å². The number of halogens is 3. The van der Waals surface area contributed by atoms with Crippen molar-refractivity contribution in [1.29, 1.82) is 0 Å². The fourth-order valence-electron chi connectivity index (χ4n) is 0.936. The van der Waals surface area contributed by atoms with Crippen molar-refractivity contribution < 1.29 is 4.39 Å². The van der Waals surface area contributed by atoms with Crippen LogP contribution in [0.5, 0.6) is 0 Å². The molecule has 0 bridgehead atoms. The van der Waals surface area contributed by atoms with E-state index in [0.717, 1.165) is 5.57 Å². The SMILES string of the molecule is C/C(=C/Cl)CNc1cc(F)cc(Cl)c1. The van der Waals surface area contributed by atoms with Gasteiger partial charge in [0.2, 0.25) is 0 Å². The van der Waals surface area contributed by atoms with Gasteiger partial charge < -0.3 is 5.32 Å². The van der Waals surface area contributed by atoms with Gasteiger partial charge in [0.05, 0.1) is 0 Å². The summed E-state index contributed by atoms with van der Waals surface area (Å²) in [6.45, 7) is 2.45. The van der Waals surface area contributed by atoms with Crippen molar-refractivity contribution in [2.24, 2.45) is 0 Å². The molecule has 4 heteroatoms. The molecule has 1 N–H and O–H groups in total. The summed E-state index contributed by atoms with van der Waals surface area (Å²) in [6, 6.07) is 4.30. The van der Waals surface area contributed by atoms with E-state index in [9.17, 15) is 4.39 Å². The van der Waals surface area contributed by atoms with E-state index >= 15 is 0 Å². The highest BCUT2D eigenvalue weighted by molar-refractivity contribution is 6.30. The van der Waals surface area contributed by atoms with Crippen LogP contribution in [-0.4, -0.2) is 6.54 Å². The molecule has 0 radical (unpaired) electrons. The van der Waals surface area contributed by atoms with Crippen molar-refractivity contribution >= 4 is 28.9 Å². The zero-order valence-corrected chi connectivity index (χ0v) is 9.16. The predicted octanol–water partition coefficient (Wildman–Crippen LogP) is 4.03. The highest BCUT2D eigenvalue weighted by atomic mass is 35.5. The first-order valence-corrected chi connectivity index (χ1v) is 4.89. The van der Waals surface area contributed by atoms with E-state index in [-0.39, 0.29) is 5.82 Å². The van der Waals surface area contributed by atoms with Gasteiger partial charge >= 0.3 is 0 Å². The van der Waals surface area contributed by atoms with Crippen LogP contribution in [0, 0.1) is 5.82 Å². The molecule has 1 rings (SSSR count). The van der Waals surface area contributed by atoms with Crippen molar-refractivity contribution in [3.63, 3.8) is 0 Å². The normalized spacial score (nSPS) is 11.6. The van der Waals surface area contributed by atoms with Gasteiger partial charge in [0.1, 0.15) is 5.82 Å². The second-order valence-corrected chi connectivity index (χ2v) is 3.62. The largest absolute Gasteiger partial charge is 0.381 e. The van der Waals surface area contributed by atoms with Gasteiger partial charge in [0.25, 0.3) is 0 Å². The Kier molecular flexibility index (Phi) is 4.23. The van der Waals surface area contributed by atoms with Crippen molar-refractivity contribution in [3.05, 3.63) is 40.1 Å². The Bertz CT molecular complexity index is 330. The average Bonchev–Trinajstić information content (AvgIpc) is 2.12. The summed E-state index contributed by atoms with van der Waals surface area (Å²) in [4.78, 5) is 0. The lowest BCUT2D eigenvalue weighted by Gasteiger charge is -2.06. The third kappa shape index (κ3) is 3.56. The van der Waals surface area contributed by atoms with Gasteiger partial charge in [0.15, 0.2) is 0 Å². The fraction of sp³-hybridized carbons (Fsp3) is 0.200. The van der Waals surface area contributed by atoms with Gasteiger partial charge in [-0.15, -0.1) is 0 Å². The molecule has 1 nitrogen and oxygen atoms in total. The number of anilines is 1. The van der Waals surface area contributed by atoms with Crippen molar-refractivity contribution in [2.75, 3.05) is 11.9 Å². The lowest BCUT2D eigenvalue weighted by Crippen LogP contribution is -2.02. The number of nitrogens with one attached hydrogen (secondary N) is 1. The zero-order chi connectivity index (χ0) is 10.6. The maximum Gasteiger partial charge on any atom is 0.126 e. The first-order valence-electron chi connectivity index (χ1n) is 4.07. The molecule has 14 heavy (non-hydrogen) atoms. The standard InChI is InChI=1S/C10H10Cl2FN/c1-7(5-11)6-14-10-3-8(12)2-9(13)4-10/h2-5,14H,6H2,1H3/b7-5-. The van der Waals surface area contributed by atoms with E-state index in [2.05, 4.69) is 5.32 Å². The van der Waals surface area contributed by atoms with Crippen LogP contribution in [0.4, 0.5) is 10.1 Å². The first kappa shape index (κ1) is 11.3. The summed E-state index contributed by atoms with van der Waals surface area (Å²) in [5.41, 5.74) is 3.09. The van der Waals surface area contributed by atoms with Crippen molar-refractivity contribution in [3.8, 4) is 0 Å². The van der Waals surface area contributed by atoms with Crippen LogP contribution in [0.1, 0.15) is 6.92 Å². The van der Waals surface area contributed by atoms with E-state index in [0.29, 0.717) is 17.3 Å². The first-order chi connectivity index (χ1) is 6.61. The van der Waals surface area contributed by atoms with Crippen molar-refractivity contribution in [1.82, 2.24) is 0 Å². The minimum absolute atomic E-state index is 0.354. The number of hydrogen-bond acceptors (Lipinski definition) is 1. The molecular weight excluding hydrogens is 224 g/mol. The Morgan fingerprint density at radius 2 is 2.21 bits per heavy atom. The molecule has 0 saturated heterocycles. The highest BCUT2D eigenvalue weighted by Crippen LogP contribution is 2.18. The molecule has 76 valence electrons. The van der Waals surface area contributed by atoms with Crippen LogP contribution >= 0.6 is 23.2 Å². The molecule has 0 atom stereocenters. The summed E-state index contributed by atoms with van der Waals surface area (Å²) in [6.07, 6.45) is 0. The van der Waals surface area contributed by atoms with Crippen LogP contribution in [0.25, 0.3) is 0 Å². The Labute approximate surface area is 92.5 Å². The summed E-state index contributed by atoms with van der Waals surface area (Å²) in [7, 11) is 0. The summed E-state index contributed by atoms with van der Waals surface area (Å²) in [5, 5.41) is 3.37. The summed E-state index contributed by atoms with van der Waals surface area (Å²) >= 11 is 11.2. The monoisotopic (exact) mass is 233 g/mol. The molecule has 1 aromatic rings. The molecule has 0 aromatic heterocycles. The third-order valence-corrected chi connectivity index (χ3v) is 2.21. The van der Waals surface area contributed by atoms with E-state index in [1.807, 2.05) is 6.92 Å². The molecule has 0 spiro atoms. The molecule has 0 aliphatic rings. The van der Waals surface area contributed by atoms with Gasteiger partial charge in [-0.1, -0.05) is 23.2 Å². The van der Waals surface area contributed by atoms with E-state index in [4.69, 9.17) is 23.2 Å². The van der Waals surface area contributed by atoms with Crippen LogP contribution in [-0.2, 0) is 0 Å². The topological polar surface area (TPSA) is 12.0 Å². The molecule has 0 amide bonds. The minimum Gasteiger partial charge on any atom is -0.381 e. The summed E-state index contributed by atoms with van der Waals surface area (Å²) in [5.74, 6) is -0.354. The number of hydrogen-bond donors (Lipinski definition) is 1. The van der Waals surface area contributed by atoms with E-state index in [1.54, 1.807) is 6.07 Å². The summed E-state index contributed by atoms with van der Waals surface area (Å²) < 4.78 is 12.9. The van der Waals surface area contributed by atoms with E-state index < -0.39 is 0 Å². The molecule has 0 saturated carbocycles. The molecule has 0 fully saturated rings. The Morgan fingerprint density at radius 1 is 1.50 bits per heavy atom. The number of rotatable bonds is 3. The smallest absolute Gasteiger partial charge is 0.126 e. The van der Waals surface area contributed by atoms with Crippen LogP contribution in [0.3, 0.4) is 0 Å². The fourth-order valence-corrected chi connectivity index (χ4v) is 1.23. The Balaban J connectivity index is 2.67. The molecule has 0 aliphatic carbocycles. The second kappa shape index (κ2) is 5.23. The molecule has 0 aliphatic heterocycles. The minimum atomic E-state index is -0.354. The van der Waals surface area contributed by atoms with Gasteiger partial charge in [-0.25, -0.2) is 4.39 Å². The van der Waals surface area contributed by atoms with Crippen LogP contribution in [0.15, 0.2) is 29.3 Å². The average molecular weight is 234 g/mol. The van der Waals surface area contributed by atoms with Gasteiger partial charge in [-0.05, 0) is 30.7 Å². The maximum absolute atomic E-state index is 12.9.